The summed E-state index contributed by atoms with van der Waals surface area (Å²) < 4.78 is 1.97. The van der Waals surface area contributed by atoms with Crippen LogP contribution in [0.3, 0.4) is 0 Å². The minimum Gasteiger partial charge on any atom is -0.372 e. The second-order valence-electron chi connectivity index (χ2n) is 8.53. The summed E-state index contributed by atoms with van der Waals surface area (Å²) >= 11 is 1.78. The highest BCUT2D eigenvalue weighted by Crippen LogP contribution is 2.20. The molecule has 1 N–H and O–H groups in total. The van der Waals surface area contributed by atoms with Crippen LogP contribution < -0.4 is 5.32 Å². The van der Waals surface area contributed by atoms with Crippen LogP contribution in [-0.2, 0) is 19.3 Å². The number of hydrogen-bond acceptors (Lipinski definition) is 3. The van der Waals surface area contributed by atoms with Gasteiger partial charge in [0.05, 0.1) is 5.69 Å². The molecular formula is C30H33N3S. The second kappa shape index (κ2) is 12.3. The summed E-state index contributed by atoms with van der Waals surface area (Å²) in [7, 11) is 0. The van der Waals surface area contributed by atoms with Crippen molar-refractivity contribution < 1.29 is 0 Å². The summed E-state index contributed by atoms with van der Waals surface area (Å²) in [6, 6.07) is 28.3. The first-order chi connectivity index (χ1) is 16.7. The molecule has 3 aromatic carbocycles. The fourth-order valence-corrected chi connectivity index (χ4v) is 4.37. The Labute approximate surface area is 208 Å². The molecular weight excluding hydrogens is 434 g/mol. The lowest BCUT2D eigenvalue weighted by Crippen LogP contribution is -2.16. The molecule has 0 unspecified atom stereocenters. The van der Waals surface area contributed by atoms with E-state index in [1.165, 1.54) is 21.6 Å². The van der Waals surface area contributed by atoms with E-state index in [4.69, 9.17) is 0 Å². The molecule has 0 aliphatic heterocycles. The Morgan fingerprint density at radius 3 is 2.15 bits per heavy atom. The summed E-state index contributed by atoms with van der Waals surface area (Å²) in [5, 5.41) is 3.43. The molecule has 0 aliphatic carbocycles. The van der Waals surface area contributed by atoms with E-state index in [2.05, 4.69) is 102 Å². The van der Waals surface area contributed by atoms with Gasteiger partial charge in [-0.25, -0.2) is 4.98 Å². The number of aromatic nitrogens is 2. The lowest BCUT2D eigenvalue weighted by atomic mass is 10.0. The number of rotatable bonds is 12. The third-order valence-electron chi connectivity index (χ3n) is 6.07. The molecule has 0 amide bonds. The summed E-state index contributed by atoms with van der Waals surface area (Å²) in [6.45, 7) is 5.09. The topological polar surface area (TPSA) is 29.9 Å². The number of unbranched alkanes of at least 4 members (excludes halogenated alkanes) is 1. The highest BCUT2D eigenvalue weighted by Gasteiger charge is 2.05. The Bertz CT molecular complexity index is 1160. The molecule has 0 spiro atoms. The van der Waals surface area contributed by atoms with E-state index in [9.17, 15) is 0 Å². The van der Waals surface area contributed by atoms with Crippen molar-refractivity contribution in [3.63, 3.8) is 0 Å². The maximum Gasteiger partial charge on any atom is 0.103 e. The minimum absolute atomic E-state index is 0.863. The van der Waals surface area contributed by atoms with Crippen molar-refractivity contribution in [3.05, 3.63) is 115 Å². The average molecular weight is 468 g/mol. The van der Waals surface area contributed by atoms with Crippen molar-refractivity contribution in [2.24, 2.45) is 0 Å². The monoisotopic (exact) mass is 467 g/mol. The zero-order valence-corrected chi connectivity index (χ0v) is 20.7. The molecule has 4 aromatic rings. The normalized spacial score (nSPS) is 10.9. The van der Waals surface area contributed by atoms with Gasteiger partial charge in [0.15, 0.2) is 0 Å². The lowest BCUT2D eigenvalue weighted by molar-refractivity contribution is 0.689. The van der Waals surface area contributed by atoms with Crippen LogP contribution in [-0.4, -0.2) is 22.4 Å². The SMILES string of the molecule is C=C(NCCCCc1ccccc1)n1cnc(-c2ccc(CCc3ccc(SC)cc3)cc2)c1. The lowest BCUT2D eigenvalue weighted by Gasteiger charge is -2.10. The molecule has 3 nitrogen and oxygen atoms in total. The molecule has 0 radical (unpaired) electrons. The number of aryl methyl sites for hydroxylation is 3. The number of hydrogen-bond donors (Lipinski definition) is 1. The van der Waals surface area contributed by atoms with E-state index in [-0.39, 0.29) is 0 Å². The molecule has 1 heterocycles. The first kappa shape index (κ1) is 23.9. The van der Waals surface area contributed by atoms with Gasteiger partial charge in [0.1, 0.15) is 12.1 Å². The third kappa shape index (κ3) is 6.88. The smallest absolute Gasteiger partial charge is 0.103 e. The largest absolute Gasteiger partial charge is 0.372 e. The van der Waals surface area contributed by atoms with Crippen molar-refractivity contribution in [1.29, 1.82) is 0 Å². The first-order valence-electron chi connectivity index (χ1n) is 11.9. The molecule has 0 fully saturated rings. The average Bonchev–Trinajstić information content (AvgIpc) is 3.39. The predicted molar refractivity (Wildman–Crippen MR) is 146 cm³/mol. The second-order valence-corrected chi connectivity index (χ2v) is 9.41. The number of nitrogens with zero attached hydrogens (tertiary/aromatic N) is 2. The van der Waals surface area contributed by atoms with Gasteiger partial charge in [0.25, 0.3) is 0 Å². The van der Waals surface area contributed by atoms with E-state index in [1.54, 1.807) is 11.8 Å². The van der Waals surface area contributed by atoms with Gasteiger partial charge in [0.2, 0.25) is 0 Å². The summed E-state index contributed by atoms with van der Waals surface area (Å²) in [5.74, 6) is 0.863. The molecule has 0 saturated heterocycles. The van der Waals surface area contributed by atoms with Crippen molar-refractivity contribution in [3.8, 4) is 11.3 Å². The molecule has 0 aliphatic rings. The Morgan fingerprint density at radius 1 is 0.824 bits per heavy atom. The zero-order chi connectivity index (χ0) is 23.6. The van der Waals surface area contributed by atoms with Crippen LogP contribution in [0.25, 0.3) is 17.1 Å². The minimum atomic E-state index is 0.863. The van der Waals surface area contributed by atoms with E-state index in [0.717, 1.165) is 55.7 Å². The van der Waals surface area contributed by atoms with Gasteiger partial charge in [-0.2, -0.15) is 0 Å². The highest BCUT2D eigenvalue weighted by molar-refractivity contribution is 7.98. The summed E-state index contributed by atoms with van der Waals surface area (Å²) in [5.41, 5.74) is 6.22. The van der Waals surface area contributed by atoms with Gasteiger partial charge in [0, 0.05) is 23.2 Å². The number of nitrogens with one attached hydrogen (secondary N) is 1. The van der Waals surface area contributed by atoms with Crippen LogP contribution in [0, 0.1) is 0 Å². The van der Waals surface area contributed by atoms with Crippen LogP contribution >= 0.6 is 11.8 Å². The van der Waals surface area contributed by atoms with Gasteiger partial charge in [-0.3, -0.25) is 4.57 Å². The number of benzene rings is 3. The Balaban J connectivity index is 1.22. The standard InChI is InChI=1S/C30H33N3S/c1-24(31-21-7-6-10-25-8-4-3-5-9-25)33-22-30(32-23-33)28-17-13-26(14-18-28)11-12-27-15-19-29(34-2)20-16-27/h3-5,8-9,13-20,22-23,31H,1,6-7,10-12,21H2,2H3. The van der Waals surface area contributed by atoms with E-state index < -0.39 is 0 Å². The van der Waals surface area contributed by atoms with Crippen molar-refractivity contribution in [2.75, 3.05) is 12.8 Å². The van der Waals surface area contributed by atoms with Crippen LogP contribution in [0.5, 0.6) is 0 Å². The van der Waals surface area contributed by atoms with E-state index in [1.807, 2.05) is 17.1 Å². The van der Waals surface area contributed by atoms with Crippen LogP contribution in [0.15, 0.2) is 103 Å². The molecule has 174 valence electrons. The Morgan fingerprint density at radius 2 is 1.47 bits per heavy atom. The Kier molecular flexibility index (Phi) is 8.64. The fraction of sp³-hybridized carbons (Fsp3) is 0.233. The molecule has 0 saturated carbocycles. The van der Waals surface area contributed by atoms with E-state index >= 15 is 0 Å². The van der Waals surface area contributed by atoms with Crippen molar-refractivity contribution in [1.82, 2.24) is 14.9 Å². The van der Waals surface area contributed by atoms with Gasteiger partial charge in [-0.1, -0.05) is 73.3 Å². The molecule has 1 aromatic heterocycles. The molecule has 0 bridgehead atoms. The van der Waals surface area contributed by atoms with Gasteiger partial charge in [-0.15, -0.1) is 11.8 Å². The quantitative estimate of drug-likeness (QED) is 0.178. The van der Waals surface area contributed by atoms with E-state index in [0.29, 0.717) is 0 Å². The maximum atomic E-state index is 4.59. The predicted octanol–water partition coefficient (Wildman–Crippen LogP) is 7.10. The third-order valence-corrected chi connectivity index (χ3v) is 6.81. The highest BCUT2D eigenvalue weighted by atomic mass is 32.2. The molecule has 0 atom stereocenters. The molecule has 34 heavy (non-hydrogen) atoms. The van der Waals surface area contributed by atoms with Crippen molar-refractivity contribution >= 4 is 17.6 Å². The van der Waals surface area contributed by atoms with Gasteiger partial charge >= 0.3 is 0 Å². The zero-order valence-electron chi connectivity index (χ0n) is 19.9. The molecule has 4 heteroatoms. The number of imidazole rings is 1. The molecule has 4 rings (SSSR count). The fourth-order valence-electron chi connectivity index (χ4n) is 3.97. The number of thioether (sulfide) groups is 1. The van der Waals surface area contributed by atoms with Crippen LogP contribution in [0.1, 0.15) is 29.5 Å². The van der Waals surface area contributed by atoms with Gasteiger partial charge < -0.3 is 5.32 Å². The van der Waals surface area contributed by atoms with Gasteiger partial charge in [-0.05, 0) is 67.2 Å². The van der Waals surface area contributed by atoms with Crippen LogP contribution in [0.2, 0.25) is 0 Å². The van der Waals surface area contributed by atoms with Crippen LogP contribution in [0.4, 0.5) is 0 Å². The summed E-state index contributed by atoms with van der Waals surface area (Å²) in [4.78, 5) is 5.90. The maximum absolute atomic E-state index is 4.59. The Hall–Kier alpha value is -3.24. The summed E-state index contributed by atoms with van der Waals surface area (Å²) in [6.07, 6.45) is 11.5. The van der Waals surface area contributed by atoms with Crippen molar-refractivity contribution in [2.45, 2.75) is 37.0 Å². The first-order valence-corrected chi connectivity index (χ1v) is 13.2.